The third-order valence-electron chi connectivity index (χ3n) is 2.89. The van der Waals surface area contributed by atoms with Gasteiger partial charge in [-0.15, -0.1) is 0 Å². The summed E-state index contributed by atoms with van der Waals surface area (Å²) >= 11 is 0. The van der Waals surface area contributed by atoms with E-state index in [4.69, 9.17) is 0 Å². The van der Waals surface area contributed by atoms with Gasteiger partial charge in [-0.1, -0.05) is 20.8 Å². The van der Waals surface area contributed by atoms with E-state index in [1.807, 2.05) is 13.1 Å². The van der Waals surface area contributed by atoms with E-state index in [1.165, 1.54) is 5.56 Å². The van der Waals surface area contributed by atoms with E-state index >= 15 is 0 Å². The maximum absolute atomic E-state index is 9.37. The second kappa shape index (κ2) is 6.82. The summed E-state index contributed by atoms with van der Waals surface area (Å²) in [5.41, 5.74) is 1.31. The van der Waals surface area contributed by atoms with Crippen molar-refractivity contribution in [2.45, 2.75) is 52.8 Å². The van der Waals surface area contributed by atoms with Gasteiger partial charge in [-0.25, -0.2) is 0 Å². The predicted molar refractivity (Wildman–Crippen MR) is 72.0 cm³/mol. The van der Waals surface area contributed by atoms with Crippen molar-refractivity contribution in [2.24, 2.45) is 5.92 Å². The van der Waals surface area contributed by atoms with Gasteiger partial charge in [-0.2, -0.15) is 0 Å². The molecule has 0 spiro atoms. The molecule has 1 aromatic heterocycles. The van der Waals surface area contributed by atoms with Crippen molar-refractivity contribution in [1.82, 2.24) is 9.88 Å². The van der Waals surface area contributed by atoms with Gasteiger partial charge < -0.3 is 15.0 Å². The second-order valence-electron chi connectivity index (χ2n) is 5.17. The second-order valence-corrected chi connectivity index (χ2v) is 5.17. The summed E-state index contributed by atoms with van der Waals surface area (Å²) in [4.78, 5) is 0. The number of aliphatic hydroxyl groups is 1. The third kappa shape index (κ3) is 4.52. The van der Waals surface area contributed by atoms with Gasteiger partial charge in [-0.3, -0.25) is 0 Å². The molecule has 0 aliphatic heterocycles. The van der Waals surface area contributed by atoms with Gasteiger partial charge in [0.05, 0.1) is 6.10 Å². The average molecular weight is 238 g/mol. The Morgan fingerprint density at radius 1 is 1.35 bits per heavy atom. The topological polar surface area (TPSA) is 37.2 Å². The van der Waals surface area contributed by atoms with Crippen molar-refractivity contribution < 1.29 is 5.11 Å². The number of aliphatic hydroxyl groups excluding tert-OH is 1. The molecule has 1 rings (SSSR count). The Morgan fingerprint density at radius 2 is 2.06 bits per heavy atom. The highest BCUT2D eigenvalue weighted by atomic mass is 16.3. The molecule has 1 heterocycles. The van der Waals surface area contributed by atoms with Crippen LogP contribution < -0.4 is 5.32 Å². The normalized spacial score (nSPS) is 15.2. The van der Waals surface area contributed by atoms with E-state index in [0.717, 1.165) is 13.0 Å². The van der Waals surface area contributed by atoms with Crippen LogP contribution in [-0.2, 0) is 6.54 Å². The zero-order valence-electron chi connectivity index (χ0n) is 11.5. The monoisotopic (exact) mass is 238 g/mol. The van der Waals surface area contributed by atoms with Crippen LogP contribution in [0.5, 0.6) is 0 Å². The molecule has 2 N–H and O–H groups in total. The summed E-state index contributed by atoms with van der Waals surface area (Å²) in [6, 6.07) is 2.56. The molecule has 3 heteroatoms. The summed E-state index contributed by atoms with van der Waals surface area (Å²) in [7, 11) is 0. The molecular formula is C14H26N2O. The molecule has 0 fully saturated rings. The lowest BCUT2D eigenvalue weighted by Gasteiger charge is -2.21. The van der Waals surface area contributed by atoms with E-state index in [0.29, 0.717) is 18.5 Å². The largest absolute Gasteiger partial charge is 0.392 e. The first-order valence-corrected chi connectivity index (χ1v) is 6.61. The minimum atomic E-state index is -0.295. The zero-order chi connectivity index (χ0) is 12.8. The first-order chi connectivity index (χ1) is 8.04. The van der Waals surface area contributed by atoms with E-state index in [-0.39, 0.29) is 6.10 Å². The summed E-state index contributed by atoms with van der Waals surface area (Å²) in [5.74, 6) is 0.573. The lowest BCUT2D eigenvalue weighted by molar-refractivity contribution is 0.173. The molecule has 2 unspecified atom stereocenters. The number of hydrogen-bond donors (Lipinski definition) is 2. The molecule has 17 heavy (non-hydrogen) atoms. The maximum atomic E-state index is 9.37. The standard InChI is InChI=1S/C14H26N2O/c1-5-7-15-14(11(2)3)13-6-8-16(10-13)9-12(4)17/h6,8,10-12,14-15,17H,5,7,9H2,1-4H3. The molecule has 0 saturated heterocycles. The van der Waals surface area contributed by atoms with Crippen molar-refractivity contribution in [1.29, 1.82) is 0 Å². The number of nitrogens with zero attached hydrogens (tertiary/aromatic N) is 1. The van der Waals surface area contributed by atoms with Crippen LogP contribution in [0.2, 0.25) is 0 Å². The van der Waals surface area contributed by atoms with E-state index in [9.17, 15) is 5.11 Å². The van der Waals surface area contributed by atoms with Crippen LogP contribution in [0.15, 0.2) is 18.5 Å². The summed E-state index contributed by atoms with van der Waals surface area (Å²) in [5, 5.41) is 12.9. The van der Waals surface area contributed by atoms with Crippen LogP contribution >= 0.6 is 0 Å². The molecule has 98 valence electrons. The molecular weight excluding hydrogens is 212 g/mol. The molecule has 0 aromatic carbocycles. The van der Waals surface area contributed by atoms with Gasteiger partial charge in [0.1, 0.15) is 0 Å². The average Bonchev–Trinajstić information content (AvgIpc) is 2.65. The molecule has 0 saturated carbocycles. The summed E-state index contributed by atoms with van der Waals surface area (Å²) in [6.07, 6.45) is 5.04. The molecule has 0 bridgehead atoms. The highest BCUT2D eigenvalue weighted by Crippen LogP contribution is 2.22. The van der Waals surface area contributed by atoms with E-state index in [1.54, 1.807) is 0 Å². The highest BCUT2D eigenvalue weighted by Gasteiger charge is 2.15. The molecule has 0 amide bonds. The molecule has 0 radical (unpaired) electrons. The molecule has 0 aliphatic carbocycles. The minimum absolute atomic E-state index is 0.295. The van der Waals surface area contributed by atoms with Gasteiger partial charge in [0, 0.05) is 25.0 Å². The van der Waals surface area contributed by atoms with Gasteiger partial charge in [0.25, 0.3) is 0 Å². The number of rotatable bonds is 7. The minimum Gasteiger partial charge on any atom is -0.392 e. The highest BCUT2D eigenvalue weighted by molar-refractivity contribution is 5.16. The summed E-state index contributed by atoms with van der Waals surface area (Å²) in [6.45, 7) is 10.2. The zero-order valence-corrected chi connectivity index (χ0v) is 11.5. The lowest BCUT2D eigenvalue weighted by atomic mass is 9.98. The Balaban J connectivity index is 2.69. The maximum Gasteiger partial charge on any atom is 0.0690 e. The SMILES string of the molecule is CCCNC(c1ccn(CC(C)O)c1)C(C)C. The molecule has 1 aromatic rings. The van der Waals surface area contributed by atoms with Gasteiger partial charge in [-0.05, 0) is 37.4 Å². The van der Waals surface area contributed by atoms with Crippen LogP contribution in [-0.4, -0.2) is 22.3 Å². The fourth-order valence-electron chi connectivity index (χ4n) is 2.10. The van der Waals surface area contributed by atoms with Crippen molar-refractivity contribution >= 4 is 0 Å². The van der Waals surface area contributed by atoms with Crippen LogP contribution in [0, 0.1) is 5.92 Å². The van der Waals surface area contributed by atoms with E-state index < -0.39 is 0 Å². The van der Waals surface area contributed by atoms with Crippen molar-refractivity contribution in [3.8, 4) is 0 Å². The Morgan fingerprint density at radius 3 is 2.59 bits per heavy atom. The van der Waals surface area contributed by atoms with E-state index in [2.05, 4.69) is 42.9 Å². The smallest absolute Gasteiger partial charge is 0.0690 e. The number of aromatic nitrogens is 1. The lowest BCUT2D eigenvalue weighted by Crippen LogP contribution is -2.26. The fourth-order valence-corrected chi connectivity index (χ4v) is 2.10. The molecule has 2 atom stereocenters. The molecule has 3 nitrogen and oxygen atoms in total. The van der Waals surface area contributed by atoms with Crippen molar-refractivity contribution in [2.75, 3.05) is 6.54 Å². The van der Waals surface area contributed by atoms with Gasteiger partial charge in [0.15, 0.2) is 0 Å². The van der Waals surface area contributed by atoms with Crippen molar-refractivity contribution in [3.05, 3.63) is 24.0 Å². The fraction of sp³-hybridized carbons (Fsp3) is 0.714. The van der Waals surface area contributed by atoms with Crippen LogP contribution in [0.1, 0.15) is 45.7 Å². The Labute approximate surface area is 105 Å². The van der Waals surface area contributed by atoms with Crippen LogP contribution in [0.4, 0.5) is 0 Å². The quantitative estimate of drug-likeness (QED) is 0.766. The number of hydrogen-bond acceptors (Lipinski definition) is 2. The Bertz CT molecular complexity index is 318. The third-order valence-corrected chi connectivity index (χ3v) is 2.89. The summed E-state index contributed by atoms with van der Waals surface area (Å²) < 4.78 is 2.06. The van der Waals surface area contributed by atoms with Crippen molar-refractivity contribution in [3.63, 3.8) is 0 Å². The molecule has 0 aliphatic rings. The first kappa shape index (κ1) is 14.3. The van der Waals surface area contributed by atoms with Crippen LogP contribution in [0.25, 0.3) is 0 Å². The Hall–Kier alpha value is -0.800. The Kier molecular flexibility index (Phi) is 5.72. The number of nitrogens with one attached hydrogen (secondary N) is 1. The predicted octanol–water partition coefficient (Wildman–Crippen LogP) is 2.57. The van der Waals surface area contributed by atoms with Gasteiger partial charge in [0.2, 0.25) is 0 Å². The van der Waals surface area contributed by atoms with Gasteiger partial charge >= 0.3 is 0 Å². The first-order valence-electron chi connectivity index (χ1n) is 6.61. The van der Waals surface area contributed by atoms with Crippen LogP contribution in [0.3, 0.4) is 0 Å².